The fourth-order valence-electron chi connectivity index (χ4n) is 2.14. The Labute approximate surface area is 133 Å². The van der Waals surface area contributed by atoms with Crippen LogP contribution >= 0.6 is 0 Å². The van der Waals surface area contributed by atoms with Crippen molar-refractivity contribution in [1.29, 1.82) is 5.26 Å². The molecule has 0 saturated heterocycles. The second kappa shape index (κ2) is 9.06. The van der Waals surface area contributed by atoms with E-state index in [2.05, 4.69) is 6.07 Å². The molecular weight excluding hydrogens is 278 g/mol. The van der Waals surface area contributed by atoms with Gasteiger partial charge in [0.1, 0.15) is 5.75 Å². The average molecular weight is 303 g/mol. The van der Waals surface area contributed by atoms with E-state index >= 15 is 0 Å². The topological polar surface area (TPSA) is 56.6 Å². The first-order chi connectivity index (χ1) is 10.5. The third-order valence-corrected chi connectivity index (χ3v) is 3.56. The molecular formula is C17H25N3O2. The fourth-order valence-corrected chi connectivity index (χ4v) is 2.14. The highest BCUT2D eigenvalue weighted by molar-refractivity contribution is 5.78. The number of rotatable bonds is 8. The summed E-state index contributed by atoms with van der Waals surface area (Å²) in [6.07, 6.45) is 0. The van der Waals surface area contributed by atoms with Crippen molar-refractivity contribution in [1.82, 2.24) is 9.80 Å². The largest absolute Gasteiger partial charge is 0.497 e. The van der Waals surface area contributed by atoms with Gasteiger partial charge in [-0.25, -0.2) is 0 Å². The number of nitriles is 1. The van der Waals surface area contributed by atoms with Gasteiger partial charge in [-0.15, -0.1) is 0 Å². The third-order valence-electron chi connectivity index (χ3n) is 3.56. The summed E-state index contributed by atoms with van der Waals surface area (Å²) >= 11 is 0. The Bertz CT molecular complexity index is 508. The van der Waals surface area contributed by atoms with Crippen molar-refractivity contribution < 1.29 is 9.53 Å². The summed E-state index contributed by atoms with van der Waals surface area (Å²) in [4.78, 5) is 16.0. The monoisotopic (exact) mass is 303 g/mol. The maximum absolute atomic E-state index is 12.3. The summed E-state index contributed by atoms with van der Waals surface area (Å²) < 4.78 is 5.12. The lowest BCUT2D eigenvalue weighted by Gasteiger charge is -2.24. The molecule has 0 aliphatic carbocycles. The van der Waals surface area contributed by atoms with Gasteiger partial charge >= 0.3 is 0 Å². The van der Waals surface area contributed by atoms with Crippen LogP contribution in [0.5, 0.6) is 5.75 Å². The number of carbonyl (C=O) groups is 1. The number of hydrogen-bond donors (Lipinski definition) is 0. The molecule has 5 nitrogen and oxygen atoms in total. The van der Waals surface area contributed by atoms with Crippen LogP contribution in [0, 0.1) is 17.2 Å². The van der Waals surface area contributed by atoms with Gasteiger partial charge in [0.05, 0.1) is 25.6 Å². The molecule has 0 fully saturated rings. The lowest BCUT2D eigenvalue weighted by molar-refractivity contribution is -0.131. The molecule has 1 rings (SSSR count). The zero-order valence-electron chi connectivity index (χ0n) is 13.9. The lowest BCUT2D eigenvalue weighted by Crippen LogP contribution is -2.39. The highest BCUT2D eigenvalue weighted by Gasteiger charge is 2.15. The molecule has 0 spiro atoms. The van der Waals surface area contributed by atoms with E-state index in [1.54, 1.807) is 19.1 Å². The number of methoxy groups -OCH3 is 1. The average Bonchev–Trinajstić information content (AvgIpc) is 2.54. The van der Waals surface area contributed by atoms with E-state index in [0.29, 0.717) is 19.6 Å². The molecule has 0 bridgehead atoms. The van der Waals surface area contributed by atoms with E-state index in [9.17, 15) is 4.79 Å². The van der Waals surface area contributed by atoms with Crippen molar-refractivity contribution in [2.24, 2.45) is 5.92 Å². The van der Waals surface area contributed by atoms with E-state index < -0.39 is 0 Å². The summed E-state index contributed by atoms with van der Waals surface area (Å²) in [5, 5.41) is 8.88. The molecule has 1 amide bonds. The van der Waals surface area contributed by atoms with Gasteiger partial charge in [0.15, 0.2) is 0 Å². The van der Waals surface area contributed by atoms with E-state index in [0.717, 1.165) is 17.9 Å². The van der Waals surface area contributed by atoms with Crippen LogP contribution < -0.4 is 4.74 Å². The summed E-state index contributed by atoms with van der Waals surface area (Å²) in [5.41, 5.74) is 1.06. The maximum Gasteiger partial charge on any atom is 0.236 e. The fraction of sp³-hybridized carbons (Fsp3) is 0.529. The third kappa shape index (κ3) is 5.74. The van der Waals surface area contributed by atoms with Crippen molar-refractivity contribution >= 4 is 5.91 Å². The minimum atomic E-state index is -0.0698. The SMILES string of the molecule is CCN(CC(=O)N(C)Cc1ccc(OC)cc1)CC(C)C#N. The highest BCUT2D eigenvalue weighted by atomic mass is 16.5. The Hall–Kier alpha value is -2.06. The molecule has 120 valence electrons. The zero-order chi connectivity index (χ0) is 16.5. The molecule has 0 saturated carbocycles. The number of benzene rings is 1. The number of likely N-dealkylation sites (N-methyl/N-ethyl adjacent to an activating group) is 2. The Kier molecular flexibility index (Phi) is 7.41. The number of carbonyl (C=O) groups excluding carboxylic acids is 1. The lowest BCUT2D eigenvalue weighted by atomic mass is 10.2. The van der Waals surface area contributed by atoms with Gasteiger partial charge in [-0.05, 0) is 31.2 Å². The molecule has 1 aromatic carbocycles. The maximum atomic E-state index is 12.3. The van der Waals surface area contributed by atoms with E-state index in [1.165, 1.54) is 0 Å². The van der Waals surface area contributed by atoms with Crippen LogP contribution in [0.1, 0.15) is 19.4 Å². The van der Waals surface area contributed by atoms with Crippen molar-refractivity contribution in [3.05, 3.63) is 29.8 Å². The smallest absolute Gasteiger partial charge is 0.236 e. The highest BCUT2D eigenvalue weighted by Crippen LogP contribution is 2.12. The molecule has 0 radical (unpaired) electrons. The van der Waals surface area contributed by atoms with Gasteiger partial charge in [-0.2, -0.15) is 5.26 Å². The van der Waals surface area contributed by atoms with Crippen molar-refractivity contribution in [2.45, 2.75) is 20.4 Å². The van der Waals surface area contributed by atoms with Gasteiger partial charge < -0.3 is 9.64 Å². The first-order valence-corrected chi connectivity index (χ1v) is 7.49. The van der Waals surface area contributed by atoms with Crippen molar-refractivity contribution in [3.8, 4) is 11.8 Å². The van der Waals surface area contributed by atoms with Gasteiger partial charge in [0, 0.05) is 20.1 Å². The molecule has 1 aromatic rings. The molecule has 22 heavy (non-hydrogen) atoms. The number of ether oxygens (including phenoxy) is 1. The Morgan fingerprint density at radius 2 is 2.00 bits per heavy atom. The van der Waals surface area contributed by atoms with Gasteiger partial charge in [-0.3, -0.25) is 9.69 Å². The van der Waals surface area contributed by atoms with Crippen LogP contribution in [0.2, 0.25) is 0 Å². The summed E-state index contributed by atoms with van der Waals surface area (Å²) in [5.74, 6) is 0.794. The molecule has 0 N–H and O–H groups in total. The van der Waals surface area contributed by atoms with Crippen molar-refractivity contribution in [3.63, 3.8) is 0 Å². The summed E-state index contributed by atoms with van der Waals surface area (Å²) in [7, 11) is 3.43. The second-order valence-electron chi connectivity index (χ2n) is 5.46. The Balaban J connectivity index is 2.54. The van der Waals surface area contributed by atoms with Gasteiger partial charge in [0.25, 0.3) is 0 Å². The van der Waals surface area contributed by atoms with E-state index in [4.69, 9.17) is 10.00 Å². The zero-order valence-corrected chi connectivity index (χ0v) is 13.9. The minimum Gasteiger partial charge on any atom is -0.497 e. The van der Waals surface area contributed by atoms with Gasteiger partial charge in [0.2, 0.25) is 5.91 Å². The number of amides is 1. The summed E-state index contributed by atoms with van der Waals surface area (Å²) in [6, 6.07) is 9.90. The quantitative estimate of drug-likeness (QED) is 0.738. The van der Waals surface area contributed by atoms with Crippen LogP contribution in [-0.4, -0.2) is 49.5 Å². The second-order valence-corrected chi connectivity index (χ2v) is 5.46. The molecule has 1 unspecified atom stereocenters. The van der Waals surface area contributed by atoms with Crippen LogP contribution in [-0.2, 0) is 11.3 Å². The molecule has 0 aliphatic rings. The van der Waals surface area contributed by atoms with Crippen LogP contribution in [0.4, 0.5) is 0 Å². The molecule has 0 heterocycles. The first-order valence-electron chi connectivity index (χ1n) is 7.49. The predicted molar refractivity (Wildman–Crippen MR) is 86.4 cm³/mol. The van der Waals surface area contributed by atoms with E-state index in [1.807, 2.05) is 43.0 Å². The molecule has 0 aliphatic heterocycles. The van der Waals surface area contributed by atoms with E-state index in [-0.39, 0.29) is 11.8 Å². The van der Waals surface area contributed by atoms with Crippen LogP contribution in [0.15, 0.2) is 24.3 Å². The number of hydrogen-bond acceptors (Lipinski definition) is 4. The Morgan fingerprint density at radius 1 is 1.36 bits per heavy atom. The predicted octanol–water partition coefficient (Wildman–Crippen LogP) is 2.14. The molecule has 5 heteroatoms. The first kappa shape index (κ1) is 18.0. The molecule has 0 aromatic heterocycles. The van der Waals surface area contributed by atoms with Crippen molar-refractivity contribution in [2.75, 3.05) is 33.8 Å². The molecule has 1 atom stereocenters. The normalized spacial score (nSPS) is 11.8. The standard InChI is InChI=1S/C17H25N3O2/c1-5-20(11-14(2)10-18)13-17(21)19(3)12-15-6-8-16(22-4)9-7-15/h6-9,14H,5,11-13H2,1-4H3. The van der Waals surface area contributed by atoms with Crippen LogP contribution in [0.3, 0.4) is 0 Å². The van der Waals surface area contributed by atoms with Gasteiger partial charge in [-0.1, -0.05) is 19.1 Å². The summed E-state index contributed by atoms with van der Waals surface area (Å²) in [6.45, 7) is 6.15. The minimum absolute atomic E-state index is 0.0582. The Morgan fingerprint density at radius 3 is 2.50 bits per heavy atom. The number of nitrogens with zero attached hydrogens (tertiary/aromatic N) is 3. The van der Waals surface area contributed by atoms with Crippen LogP contribution in [0.25, 0.3) is 0 Å².